The van der Waals surface area contributed by atoms with Gasteiger partial charge in [-0.15, -0.1) is 0 Å². The first kappa shape index (κ1) is 21.0. The van der Waals surface area contributed by atoms with Gasteiger partial charge in [-0.1, -0.05) is 23.2 Å². The topological polar surface area (TPSA) is 83.6 Å². The normalized spacial score (nSPS) is 11.8. The van der Waals surface area contributed by atoms with Crippen molar-refractivity contribution in [2.75, 3.05) is 31.3 Å². The first-order valence-electron chi connectivity index (χ1n) is 8.06. The van der Waals surface area contributed by atoms with Crippen LogP contribution < -0.4 is 15.4 Å². The molecule has 144 valence electrons. The van der Waals surface area contributed by atoms with Crippen molar-refractivity contribution < 1.29 is 14.3 Å². The summed E-state index contributed by atoms with van der Waals surface area (Å²) < 4.78 is 5.20. The molecule has 1 aromatic carbocycles. The Morgan fingerprint density at radius 2 is 1.89 bits per heavy atom. The molecule has 1 aromatic heterocycles. The number of anilines is 2. The van der Waals surface area contributed by atoms with Crippen molar-refractivity contribution in [1.29, 1.82) is 0 Å². The lowest BCUT2D eigenvalue weighted by molar-refractivity contribution is -0.122. The zero-order chi connectivity index (χ0) is 20.0. The van der Waals surface area contributed by atoms with Gasteiger partial charge in [-0.2, -0.15) is 0 Å². The van der Waals surface area contributed by atoms with Gasteiger partial charge < -0.3 is 15.4 Å². The molecule has 2 aromatic rings. The molecule has 0 fully saturated rings. The lowest BCUT2D eigenvalue weighted by atomic mass is 10.2. The largest absolute Gasteiger partial charge is 0.495 e. The number of methoxy groups -OCH3 is 1. The van der Waals surface area contributed by atoms with Crippen molar-refractivity contribution in [2.45, 2.75) is 13.0 Å². The lowest BCUT2D eigenvalue weighted by Gasteiger charge is -2.23. The summed E-state index contributed by atoms with van der Waals surface area (Å²) in [5.41, 5.74) is 0.464. The van der Waals surface area contributed by atoms with E-state index in [1.807, 2.05) is 0 Å². The Kier molecular flexibility index (Phi) is 7.41. The van der Waals surface area contributed by atoms with E-state index in [1.165, 1.54) is 13.3 Å². The Labute approximate surface area is 167 Å². The van der Waals surface area contributed by atoms with Crippen molar-refractivity contribution >= 4 is 46.5 Å². The van der Waals surface area contributed by atoms with Crippen molar-refractivity contribution in [3.63, 3.8) is 0 Å². The number of likely N-dealkylation sites (N-methyl/N-ethyl adjacent to an activating group) is 1. The fourth-order valence-corrected chi connectivity index (χ4v) is 2.50. The predicted molar refractivity (Wildman–Crippen MR) is 107 cm³/mol. The van der Waals surface area contributed by atoms with Gasteiger partial charge in [0.05, 0.1) is 30.4 Å². The number of amides is 2. The molecule has 2 amide bonds. The number of hydrogen-bond donors (Lipinski definition) is 2. The summed E-state index contributed by atoms with van der Waals surface area (Å²) in [5.74, 6) is 0.288. The Morgan fingerprint density at radius 3 is 2.52 bits per heavy atom. The Hall–Kier alpha value is -2.35. The number of hydrogen-bond acceptors (Lipinski definition) is 5. The van der Waals surface area contributed by atoms with Gasteiger partial charge in [0.15, 0.2) is 0 Å². The van der Waals surface area contributed by atoms with Crippen LogP contribution in [0.2, 0.25) is 10.0 Å². The van der Waals surface area contributed by atoms with E-state index in [0.717, 1.165) is 0 Å². The second-order valence-corrected chi connectivity index (χ2v) is 6.71. The second kappa shape index (κ2) is 9.55. The summed E-state index contributed by atoms with van der Waals surface area (Å²) in [6, 6.07) is 7.60. The molecule has 1 unspecified atom stereocenters. The van der Waals surface area contributed by atoms with Gasteiger partial charge in [-0.05, 0) is 44.3 Å². The molecule has 7 nitrogen and oxygen atoms in total. The van der Waals surface area contributed by atoms with Gasteiger partial charge in [0, 0.05) is 11.2 Å². The molecule has 27 heavy (non-hydrogen) atoms. The van der Waals surface area contributed by atoms with Crippen molar-refractivity contribution in [1.82, 2.24) is 9.88 Å². The number of benzene rings is 1. The van der Waals surface area contributed by atoms with Crippen molar-refractivity contribution in [3.8, 4) is 5.75 Å². The van der Waals surface area contributed by atoms with Gasteiger partial charge >= 0.3 is 0 Å². The molecule has 0 saturated heterocycles. The molecule has 1 atom stereocenters. The Balaban J connectivity index is 1.94. The SMILES string of the molecule is COc1ccc(Cl)cc1NC(=O)CN(C)C(C)C(=O)Nc1ccc(Cl)cn1. The van der Waals surface area contributed by atoms with E-state index < -0.39 is 6.04 Å². The number of pyridine rings is 1. The molecule has 9 heteroatoms. The monoisotopic (exact) mass is 410 g/mol. The summed E-state index contributed by atoms with van der Waals surface area (Å²) in [4.78, 5) is 30.3. The number of nitrogens with zero attached hydrogens (tertiary/aromatic N) is 2. The van der Waals surface area contributed by atoms with E-state index in [0.29, 0.717) is 27.3 Å². The zero-order valence-electron chi connectivity index (χ0n) is 15.1. The molecule has 0 saturated carbocycles. The molecule has 0 radical (unpaired) electrons. The van der Waals surface area contributed by atoms with Crippen LogP contribution in [0, 0.1) is 0 Å². The van der Waals surface area contributed by atoms with Gasteiger partial charge in [0.2, 0.25) is 11.8 Å². The van der Waals surface area contributed by atoms with Crippen LogP contribution in [0.5, 0.6) is 5.75 Å². The fraction of sp³-hybridized carbons (Fsp3) is 0.278. The van der Waals surface area contributed by atoms with Crippen molar-refractivity contribution in [2.24, 2.45) is 0 Å². The second-order valence-electron chi connectivity index (χ2n) is 5.83. The molecule has 0 aliphatic carbocycles. The minimum atomic E-state index is -0.561. The van der Waals surface area contributed by atoms with E-state index in [9.17, 15) is 9.59 Å². The van der Waals surface area contributed by atoms with Crippen LogP contribution in [-0.2, 0) is 9.59 Å². The van der Waals surface area contributed by atoms with Gasteiger partial charge in [0.25, 0.3) is 0 Å². The molecule has 0 aliphatic heterocycles. The van der Waals surface area contributed by atoms with Crippen LogP contribution >= 0.6 is 23.2 Å². The molecule has 2 N–H and O–H groups in total. The van der Waals surface area contributed by atoms with Gasteiger partial charge in [-0.25, -0.2) is 4.98 Å². The van der Waals surface area contributed by atoms with E-state index in [4.69, 9.17) is 27.9 Å². The highest BCUT2D eigenvalue weighted by Crippen LogP contribution is 2.27. The van der Waals surface area contributed by atoms with Crippen LogP contribution in [0.3, 0.4) is 0 Å². The minimum absolute atomic E-state index is 0.00169. The third kappa shape index (κ3) is 6.09. The van der Waals surface area contributed by atoms with Crippen LogP contribution in [0.25, 0.3) is 0 Å². The standard InChI is InChI=1S/C18H20Cl2N4O3/c1-11(18(26)23-16-7-5-13(20)9-21-16)24(2)10-17(25)22-14-8-12(19)4-6-15(14)27-3/h4-9,11H,10H2,1-3H3,(H,22,25)(H,21,23,26). The number of carbonyl (C=O) groups excluding carboxylic acids is 2. The van der Waals surface area contributed by atoms with Crippen molar-refractivity contribution in [3.05, 3.63) is 46.6 Å². The first-order valence-corrected chi connectivity index (χ1v) is 8.81. The molecule has 0 bridgehead atoms. The maximum atomic E-state index is 12.3. The number of ether oxygens (including phenoxy) is 1. The molecular weight excluding hydrogens is 391 g/mol. The number of nitrogens with one attached hydrogen (secondary N) is 2. The molecule has 2 rings (SSSR count). The van der Waals surface area contributed by atoms with Gasteiger partial charge in [0.1, 0.15) is 11.6 Å². The van der Waals surface area contributed by atoms with E-state index >= 15 is 0 Å². The Bertz CT molecular complexity index is 815. The highest BCUT2D eigenvalue weighted by molar-refractivity contribution is 6.31. The third-order valence-corrected chi connectivity index (χ3v) is 4.31. The van der Waals surface area contributed by atoms with E-state index in [2.05, 4.69) is 15.6 Å². The fourth-order valence-electron chi connectivity index (χ4n) is 2.21. The van der Waals surface area contributed by atoms with Gasteiger partial charge in [-0.3, -0.25) is 14.5 Å². The smallest absolute Gasteiger partial charge is 0.242 e. The lowest BCUT2D eigenvalue weighted by Crippen LogP contribution is -2.43. The Morgan fingerprint density at radius 1 is 1.19 bits per heavy atom. The number of rotatable bonds is 7. The van der Waals surface area contributed by atoms with Crippen LogP contribution in [0.4, 0.5) is 11.5 Å². The van der Waals surface area contributed by atoms with E-state index in [-0.39, 0.29) is 18.4 Å². The third-order valence-electron chi connectivity index (χ3n) is 3.85. The molecule has 0 aliphatic rings. The highest BCUT2D eigenvalue weighted by Gasteiger charge is 2.21. The molecule has 0 spiro atoms. The summed E-state index contributed by atoms with van der Waals surface area (Å²) in [6.07, 6.45) is 1.44. The maximum absolute atomic E-state index is 12.3. The predicted octanol–water partition coefficient (Wildman–Crippen LogP) is 3.29. The maximum Gasteiger partial charge on any atom is 0.242 e. The summed E-state index contributed by atoms with van der Waals surface area (Å²) in [5, 5.41) is 6.37. The average Bonchev–Trinajstić information content (AvgIpc) is 2.63. The van der Waals surface area contributed by atoms with Crippen LogP contribution in [0.15, 0.2) is 36.5 Å². The summed E-state index contributed by atoms with van der Waals surface area (Å²) in [7, 11) is 3.18. The zero-order valence-corrected chi connectivity index (χ0v) is 16.6. The van der Waals surface area contributed by atoms with Crippen LogP contribution in [0.1, 0.15) is 6.92 Å². The quantitative estimate of drug-likeness (QED) is 0.731. The molecule has 1 heterocycles. The first-order chi connectivity index (χ1) is 12.8. The summed E-state index contributed by atoms with van der Waals surface area (Å²) in [6.45, 7) is 1.69. The number of halogens is 2. The highest BCUT2D eigenvalue weighted by atomic mass is 35.5. The average molecular weight is 411 g/mol. The summed E-state index contributed by atoms with van der Waals surface area (Å²) >= 11 is 11.7. The number of aromatic nitrogens is 1. The number of carbonyl (C=O) groups is 2. The molecular formula is C18H20Cl2N4O3. The van der Waals surface area contributed by atoms with E-state index in [1.54, 1.807) is 49.2 Å². The minimum Gasteiger partial charge on any atom is -0.495 e. The van der Waals surface area contributed by atoms with Crippen LogP contribution in [-0.4, -0.2) is 48.4 Å².